The van der Waals surface area contributed by atoms with Gasteiger partial charge in [-0.2, -0.15) is 0 Å². The number of carbonyl (C=O) groups is 1. The van der Waals surface area contributed by atoms with Gasteiger partial charge in [-0.3, -0.25) is 4.79 Å². The van der Waals surface area contributed by atoms with Gasteiger partial charge in [0.25, 0.3) is 0 Å². The monoisotopic (exact) mass is 340 g/mol. The Morgan fingerprint density at radius 1 is 1.35 bits per heavy atom. The van der Waals surface area contributed by atoms with E-state index in [9.17, 15) is 13.2 Å². The Morgan fingerprint density at radius 3 is 2.65 bits per heavy atom. The van der Waals surface area contributed by atoms with Gasteiger partial charge in [-0.15, -0.1) is 0 Å². The van der Waals surface area contributed by atoms with Gasteiger partial charge in [-0.1, -0.05) is 13.8 Å². The fourth-order valence-corrected chi connectivity index (χ4v) is 3.76. The molecule has 0 saturated carbocycles. The summed E-state index contributed by atoms with van der Waals surface area (Å²) < 4.78 is 32.9. The van der Waals surface area contributed by atoms with Crippen LogP contribution in [0.15, 0.2) is 23.1 Å². The molecular formula is C16H24N2O4S. The quantitative estimate of drug-likeness (QED) is 0.825. The molecule has 128 valence electrons. The van der Waals surface area contributed by atoms with Crippen LogP contribution in [-0.4, -0.2) is 34.5 Å². The van der Waals surface area contributed by atoms with E-state index in [0.29, 0.717) is 31.1 Å². The molecule has 1 aromatic rings. The number of nitrogens with one attached hydrogen (secondary N) is 1. The molecule has 1 fully saturated rings. The van der Waals surface area contributed by atoms with E-state index in [4.69, 9.17) is 4.74 Å². The Morgan fingerprint density at radius 2 is 2.09 bits per heavy atom. The fraction of sp³-hybridized carbons (Fsp3) is 0.562. The summed E-state index contributed by atoms with van der Waals surface area (Å²) in [6.45, 7) is 5.06. The van der Waals surface area contributed by atoms with Crippen LogP contribution in [0.25, 0.3) is 0 Å². The predicted octanol–water partition coefficient (Wildman–Crippen LogP) is 2.15. The van der Waals surface area contributed by atoms with Crippen molar-refractivity contribution >= 4 is 21.6 Å². The van der Waals surface area contributed by atoms with Gasteiger partial charge in [0, 0.05) is 25.2 Å². The first-order valence-electron chi connectivity index (χ1n) is 7.83. The summed E-state index contributed by atoms with van der Waals surface area (Å²) in [6.07, 6.45) is 2.05. The van der Waals surface area contributed by atoms with Gasteiger partial charge in [0.05, 0.1) is 7.11 Å². The molecule has 7 heteroatoms. The van der Waals surface area contributed by atoms with Gasteiger partial charge in [0.2, 0.25) is 15.9 Å². The first-order chi connectivity index (χ1) is 10.8. The van der Waals surface area contributed by atoms with Crippen molar-refractivity contribution in [2.24, 2.45) is 5.92 Å². The van der Waals surface area contributed by atoms with Crippen molar-refractivity contribution in [3.8, 4) is 5.75 Å². The highest BCUT2D eigenvalue weighted by Gasteiger charge is 2.25. The number of hydrogen-bond acceptors (Lipinski definition) is 4. The molecule has 1 aliphatic heterocycles. The number of benzene rings is 1. The lowest BCUT2D eigenvalue weighted by Gasteiger charge is -2.18. The van der Waals surface area contributed by atoms with Gasteiger partial charge in [0.15, 0.2) is 0 Å². The summed E-state index contributed by atoms with van der Waals surface area (Å²) >= 11 is 0. The first-order valence-corrected chi connectivity index (χ1v) is 9.31. The van der Waals surface area contributed by atoms with Gasteiger partial charge >= 0.3 is 0 Å². The Kier molecular flexibility index (Phi) is 5.64. The Hall–Kier alpha value is -1.60. The van der Waals surface area contributed by atoms with Crippen molar-refractivity contribution in [1.29, 1.82) is 0 Å². The van der Waals surface area contributed by atoms with Crippen LogP contribution in [0, 0.1) is 5.92 Å². The molecule has 1 aromatic carbocycles. The van der Waals surface area contributed by atoms with E-state index in [1.165, 1.54) is 13.2 Å². The number of ether oxygens (including phenoxy) is 1. The number of rotatable bonds is 7. The molecule has 0 atom stereocenters. The molecule has 1 N–H and O–H groups in total. The topological polar surface area (TPSA) is 75.7 Å². The maximum absolute atomic E-state index is 12.5. The van der Waals surface area contributed by atoms with Crippen LogP contribution < -0.4 is 14.4 Å². The minimum absolute atomic E-state index is 0.0197. The zero-order valence-electron chi connectivity index (χ0n) is 13.8. The summed E-state index contributed by atoms with van der Waals surface area (Å²) in [4.78, 5) is 13.6. The minimum Gasteiger partial charge on any atom is -0.495 e. The van der Waals surface area contributed by atoms with Crippen molar-refractivity contribution in [3.05, 3.63) is 18.2 Å². The number of anilines is 1. The summed E-state index contributed by atoms with van der Waals surface area (Å²) in [5, 5.41) is 0. The predicted molar refractivity (Wildman–Crippen MR) is 89.2 cm³/mol. The van der Waals surface area contributed by atoms with E-state index in [1.54, 1.807) is 17.0 Å². The first kappa shape index (κ1) is 17.7. The lowest BCUT2D eigenvalue weighted by Crippen LogP contribution is -2.27. The minimum atomic E-state index is -3.68. The lowest BCUT2D eigenvalue weighted by molar-refractivity contribution is -0.117. The van der Waals surface area contributed by atoms with E-state index in [0.717, 1.165) is 12.8 Å². The molecule has 0 aromatic heterocycles. The average Bonchev–Trinajstić information content (AvgIpc) is 2.92. The number of methoxy groups -OCH3 is 1. The van der Waals surface area contributed by atoms with Crippen LogP contribution in [0.5, 0.6) is 5.75 Å². The molecule has 1 saturated heterocycles. The molecule has 2 rings (SSSR count). The Balaban J connectivity index is 2.29. The molecule has 1 heterocycles. The molecule has 0 unspecified atom stereocenters. The van der Waals surface area contributed by atoms with E-state index in [1.807, 2.05) is 13.8 Å². The van der Waals surface area contributed by atoms with Crippen molar-refractivity contribution in [2.75, 3.05) is 25.1 Å². The molecular weight excluding hydrogens is 316 g/mol. The Bertz CT molecular complexity index is 671. The maximum atomic E-state index is 12.5. The highest BCUT2D eigenvalue weighted by molar-refractivity contribution is 7.89. The summed E-state index contributed by atoms with van der Waals surface area (Å²) in [5.41, 5.74) is 0.595. The highest BCUT2D eigenvalue weighted by Crippen LogP contribution is 2.30. The summed E-state index contributed by atoms with van der Waals surface area (Å²) in [5.74, 6) is 0.705. The molecule has 1 amide bonds. The Labute approximate surface area is 137 Å². The molecule has 0 bridgehead atoms. The van der Waals surface area contributed by atoms with Gasteiger partial charge in [0.1, 0.15) is 10.6 Å². The normalized spacial score (nSPS) is 15.5. The van der Waals surface area contributed by atoms with E-state index in [-0.39, 0.29) is 16.6 Å². The molecule has 6 nitrogen and oxygen atoms in total. The van der Waals surface area contributed by atoms with Crippen LogP contribution >= 0.6 is 0 Å². The zero-order chi connectivity index (χ0) is 17.0. The number of nitrogens with zero attached hydrogens (tertiary/aromatic N) is 1. The largest absolute Gasteiger partial charge is 0.495 e. The van der Waals surface area contributed by atoms with Crippen molar-refractivity contribution in [2.45, 2.75) is 38.0 Å². The smallest absolute Gasteiger partial charge is 0.244 e. The molecule has 1 aliphatic rings. The van der Waals surface area contributed by atoms with Crippen LogP contribution in [0.3, 0.4) is 0 Å². The molecule has 0 radical (unpaired) electrons. The van der Waals surface area contributed by atoms with Crippen molar-refractivity contribution in [1.82, 2.24) is 4.72 Å². The molecule has 23 heavy (non-hydrogen) atoms. The SMILES string of the molecule is COc1ccc(N2CCCC2=O)cc1S(=O)(=O)NCCC(C)C. The van der Waals surface area contributed by atoms with E-state index in [2.05, 4.69) is 4.72 Å². The van der Waals surface area contributed by atoms with E-state index < -0.39 is 10.0 Å². The second-order valence-electron chi connectivity index (χ2n) is 6.06. The van der Waals surface area contributed by atoms with Gasteiger partial charge in [-0.25, -0.2) is 13.1 Å². The lowest BCUT2D eigenvalue weighted by atomic mass is 10.1. The summed E-state index contributed by atoms with van der Waals surface area (Å²) in [6, 6.07) is 4.83. The standard InChI is InChI=1S/C16H24N2O4S/c1-12(2)8-9-17-23(20,21)15-11-13(6-7-14(15)22-3)18-10-4-5-16(18)19/h6-7,11-12,17H,4-5,8-10H2,1-3H3. The maximum Gasteiger partial charge on any atom is 0.244 e. The number of carbonyl (C=O) groups excluding carboxylic acids is 1. The fourth-order valence-electron chi connectivity index (χ4n) is 2.52. The second-order valence-corrected chi connectivity index (χ2v) is 7.80. The molecule has 0 spiro atoms. The van der Waals surface area contributed by atoms with Gasteiger partial charge < -0.3 is 9.64 Å². The van der Waals surface area contributed by atoms with E-state index >= 15 is 0 Å². The third kappa shape index (κ3) is 4.23. The number of sulfonamides is 1. The second kappa shape index (κ2) is 7.31. The average molecular weight is 340 g/mol. The van der Waals surface area contributed by atoms with Crippen LogP contribution in [0.4, 0.5) is 5.69 Å². The third-order valence-corrected chi connectivity index (χ3v) is 5.32. The van der Waals surface area contributed by atoms with Crippen LogP contribution in [-0.2, 0) is 14.8 Å². The number of amides is 1. The third-order valence-electron chi connectivity index (χ3n) is 3.84. The highest BCUT2D eigenvalue weighted by atomic mass is 32.2. The zero-order valence-corrected chi connectivity index (χ0v) is 14.6. The van der Waals surface area contributed by atoms with Gasteiger partial charge in [-0.05, 0) is 37.0 Å². The van der Waals surface area contributed by atoms with Crippen LogP contribution in [0.2, 0.25) is 0 Å². The van der Waals surface area contributed by atoms with Crippen molar-refractivity contribution < 1.29 is 17.9 Å². The molecule has 0 aliphatic carbocycles. The number of hydrogen-bond donors (Lipinski definition) is 1. The van der Waals surface area contributed by atoms with Crippen LogP contribution in [0.1, 0.15) is 33.1 Å². The summed E-state index contributed by atoms with van der Waals surface area (Å²) in [7, 11) is -2.25. The van der Waals surface area contributed by atoms with Crippen molar-refractivity contribution in [3.63, 3.8) is 0 Å².